The van der Waals surface area contributed by atoms with Gasteiger partial charge in [-0.2, -0.15) is 0 Å². The lowest BCUT2D eigenvalue weighted by Crippen LogP contribution is -2.07. The topological polar surface area (TPSA) is 42.7 Å². The van der Waals surface area contributed by atoms with Gasteiger partial charge in [0.25, 0.3) is 0 Å². The summed E-state index contributed by atoms with van der Waals surface area (Å²) in [6, 6.07) is 4.00. The number of hydrogen-bond donors (Lipinski definition) is 1. The van der Waals surface area contributed by atoms with Crippen LogP contribution in [0.2, 0.25) is 0 Å². The van der Waals surface area contributed by atoms with Crippen molar-refractivity contribution in [3.8, 4) is 0 Å². The third kappa shape index (κ3) is 3.06. The smallest absolute Gasteiger partial charge is 0.203 e. The molecule has 0 spiro atoms. The Morgan fingerprint density at radius 2 is 2.29 bits per heavy atom. The van der Waals surface area contributed by atoms with E-state index in [1.165, 1.54) is 0 Å². The van der Waals surface area contributed by atoms with Gasteiger partial charge in [-0.1, -0.05) is 13.0 Å². The van der Waals surface area contributed by atoms with Gasteiger partial charge >= 0.3 is 0 Å². The summed E-state index contributed by atoms with van der Waals surface area (Å²) in [5.41, 5.74) is 2.21. The molecule has 2 heterocycles. The molecular weight excluding hydrogens is 212 g/mol. The van der Waals surface area contributed by atoms with E-state index in [0.717, 1.165) is 36.7 Å². The molecule has 1 N–H and O–H groups in total. The predicted octanol–water partition coefficient (Wildman–Crippen LogP) is 2.61. The van der Waals surface area contributed by atoms with Gasteiger partial charge in [0.05, 0.1) is 5.69 Å². The predicted molar refractivity (Wildman–Crippen MR) is 68.8 cm³/mol. The maximum absolute atomic E-state index is 4.48. The van der Waals surface area contributed by atoms with Crippen LogP contribution in [0.4, 0.5) is 5.95 Å². The summed E-state index contributed by atoms with van der Waals surface area (Å²) in [7, 11) is 0. The molecule has 0 amide bonds. The summed E-state index contributed by atoms with van der Waals surface area (Å²) >= 11 is 0. The molecule has 4 nitrogen and oxygen atoms in total. The van der Waals surface area contributed by atoms with Crippen LogP contribution in [0, 0.1) is 6.92 Å². The highest BCUT2D eigenvalue weighted by molar-refractivity contribution is 5.30. The fourth-order valence-corrected chi connectivity index (χ4v) is 1.78. The highest BCUT2D eigenvalue weighted by Crippen LogP contribution is 2.10. The zero-order valence-corrected chi connectivity index (χ0v) is 10.3. The van der Waals surface area contributed by atoms with E-state index in [4.69, 9.17) is 0 Å². The summed E-state index contributed by atoms with van der Waals surface area (Å²) in [5.74, 6) is 0.938. The molecule has 0 radical (unpaired) electrons. The summed E-state index contributed by atoms with van der Waals surface area (Å²) in [6.45, 7) is 5.94. The number of nitrogens with one attached hydrogen (secondary N) is 1. The van der Waals surface area contributed by atoms with E-state index in [9.17, 15) is 0 Å². The van der Waals surface area contributed by atoms with Crippen LogP contribution in [-0.4, -0.2) is 14.5 Å². The number of aromatic nitrogens is 3. The van der Waals surface area contributed by atoms with E-state index in [1.807, 2.05) is 19.2 Å². The first-order valence-corrected chi connectivity index (χ1v) is 5.96. The molecular formula is C13H18N4. The lowest BCUT2D eigenvalue weighted by molar-refractivity contribution is 0.681. The maximum Gasteiger partial charge on any atom is 0.203 e. The number of hydrogen-bond acceptors (Lipinski definition) is 3. The van der Waals surface area contributed by atoms with Gasteiger partial charge in [0, 0.05) is 31.7 Å². The van der Waals surface area contributed by atoms with Crippen molar-refractivity contribution in [1.82, 2.24) is 14.5 Å². The second-order valence-corrected chi connectivity index (χ2v) is 4.11. The van der Waals surface area contributed by atoms with E-state index in [2.05, 4.69) is 39.0 Å². The highest BCUT2D eigenvalue weighted by atomic mass is 15.2. The Balaban J connectivity index is 2.03. The molecule has 0 aliphatic carbocycles. The van der Waals surface area contributed by atoms with E-state index in [0.29, 0.717) is 0 Å². The minimum absolute atomic E-state index is 0.758. The van der Waals surface area contributed by atoms with Crippen LogP contribution in [0.5, 0.6) is 0 Å². The first-order chi connectivity index (χ1) is 8.29. The first-order valence-electron chi connectivity index (χ1n) is 5.96. The minimum atomic E-state index is 0.758. The molecule has 0 fully saturated rings. The van der Waals surface area contributed by atoms with Crippen molar-refractivity contribution in [2.24, 2.45) is 0 Å². The Labute approximate surface area is 102 Å². The number of pyridine rings is 1. The monoisotopic (exact) mass is 230 g/mol. The summed E-state index contributed by atoms with van der Waals surface area (Å²) in [4.78, 5) is 8.57. The lowest BCUT2D eigenvalue weighted by atomic mass is 10.3. The van der Waals surface area contributed by atoms with Gasteiger partial charge < -0.3 is 9.88 Å². The Kier molecular flexibility index (Phi) is 3.75. The molecule has 0 atom stereocenters. The van der Waals surface area contributed by atoms with Crippen molar-refractivity contribution in [2.45, 2.75) is 33.4 Å². The van der Waals surface area contributed by atoms with Crippen LogP contribution in [0.25, 0.3) is 0 Å². The fourth-order valence-electron chi connectivity index (χ4n) is 1.78. The molecule has 0 aromatic carbocycles. The van der Waals surface area contributed by atoms with E-state index < -0.39 is 0 Å². The second kappa shape index (κ2) is 5.48. The third-order valence-corrected chi connectivity index (χ3v) is 2.53. The van der Waals surface area contributed by atoms with Gasteiger partial charge in [0.1, 0.15) is 0 Å². The number of rotatable bonds is 5. The van der Waals surface area contributed by atoms with Crippen molar-refractivity contribution in [1.29, 1.82) is 0 Å². The van der Waals surface area contributed by atoms with Crippen molar-refractivity contribution in [3.05, 3.63) is 42.0 Å². The van der Waals surface area contributed by atoms with Crippen molar-refractivity contribution < 1.29 is 0 Å². The molecule has 2 aromatic rings. The van der Waals surface area contributed by atoms with Crippen LogP contribution in [0.3, 0.4) is 0 Å². The first kappa shape index (κ1) is 11.6. The Morgan fingerprint density at radius 3 is 3.00 bits per heavy atom. The van der Waals surface area contributed by atoms with Crippen LogP contribution >= 0.6 is 0 Å². The van der Waals surface area contributed by atoms with Gasteiger partial charge in [-0.15, -0.1) is 0 Å². The number of anilines is 1. The Morgan fingerprint density at radius 1 is 1.41 bits per heavy atom. The quantitative estimate of drug-likeness (QED) is 0.858. The standard InChI is InChI=1S/C13H18N4/c1-3-7-17-10-11(2)16-13(17)15-9-12-5-4-6-14-8-12/h4-6,8,10H,3,7,9H2,1-2H3,(H,15,16). The second-order valence-electron chi connectivity index (χ2n) is 4.11. The number of imidazole rings is 1. The van der Waals surface area contributed by atoms with Crippen molar-refractivity contribution in [3.63, 3.8) is 0 Å². The summed E-state index contributed by atoms with van der Waals surface area (Å²) < 4.78 is 2.16. The molecule has 90 valence electrons. The largest absolute Gasteiger partial charge is 0.352 e. The molecule has 0 bridgehead atoms. The van der Waals surface area contributed by atoms with Gasteiger partial charge in [-0.3, -0.25) is 4.98 Å². The van der Waals surface area contributed by atoms with Gasteiger partial charge in [-0.25, -0.2) is 4.98 Å². The Bertz CT molecular complexity index is 462. The summed E-state index contributed by atoms with van der Waals surface area (Å²) in [5, 5.41) is 3.35. The molecule has 0 aliphatic heterocycles. The molecule has 4 heteroatoms. The molecule has 0 saturated heterocycles. The Hall–Kier alpha value is -1.84. The highest BCUT2D eigenvalue weighted by Gasteiger charge is 2.04. The minimum Gasteiger partial charge on any atom is -0.352 e. The average molecular weight is 230 g/mol. The van der Waals surface area contributed by atoms with Crippen molar-refractivity contribution >= 4 is 5.95 Å². The van der Waals surface area contributed by atoms with Gasteiger partial charge in [0.2, 0.25) is 5.95 Å². The fraction of sp³-hybridized carbons (Fsp3) is 0.385. The van der Waals surface area contributed by atoms with Crippen LogP contribution in [0.1, 0.15) is 24.6 Å². The van der Waals surface area contributed by atoms with Crippen LogP contribution in [0.15, 0.2) is 30.7 Å². The normalized spacial score (nSPS) is 10.5. The number of aryl methyl sites for hydroxylation is 2. The summed E-state index contributed by atoms with van der Waals surface area (Å²) in [6.07, 6.45) is 6.84. The molecule has 0 unspecified atom stereocenters. The van der Waals surface area contributed by atoms with Crippen LogP contribution < -0.4 is 5.32 Å². The zero-order chi connectivity index (χ0) is 12.1. The molecule has 2 aromatic heterocycles. The SMILES string of the molecule is CCCn1cc(C)nc1NCc1cccnc1. The third-order valence-electron chi connectivity index (χ3n) is 2.53. The molecule has 0 saturated carbocycles. The van der Waals surface area contributed by atoms with E-state index in [1.54, 1.807) is 6.20 Å². The van der Waals surface area contributed by atoms with Gasteiger partial charge in [-0.05, 0) is 25.0 Å². The molecule has 2 rings (SSSR count). The molecule has 17 heavy (non-hydrogen) atoms. The zero-order valence-electron chi connectivity index (χ0n) is 10.3. The van der Waals surface area contributed by atoms with Gasteiger partial charge in [0.15, 0.2) is 0 Å². The van der Waals surface area contributed by atoms with Crippen molar-refractivity contribution in [2.75, 3.05) is 5.32 Å². The lowest BCUT2D eigenvalue weighted by Gasteiger charge is -2.08. The van der Waals surface area contributed by atoms with Crippen LogP contribution in [-0.2, 0) is 13.1 Å². The van der Waals surface area contributed by atoms with E-state index in [-0.39, 0.29) is 0 Å². The van der Waals surface area contributed by atoms with E-state index >= 15 is 0 Å². The maximum atomic E-state index is 4.48. The molecule has 0 aliphatic rings. The average Bonchev–Trinajstić information content (AvgIpc) is 2.69. The number of nitrogens with zero attached hydrogens (tertiary/aromatic N) is 3.